The van der Waals surface area contributed by atoms with Crippen LogP contribution in [0.1, 0.15) is 10.6 Å². The number of nitrogens with zero attached hydrogens (tertiary/aromatic N) is 1. The molecule has 0 unspecified atom stereocenters. The topological polar surface area (TPSA) is 65.4 Å². The Hall–Kier alpha value is -1.59. The summed E-state index contributed by atoms with van der Waals surface area (Å²) in [5, 5.41) is 25.2. The zero-order valence-corrected chi connectivity index (χ0v) is 10.1. The van der Waals surface area contributed by atoms with Gasteiger partial charge in [-0.1, -0.05) is 12.1 Å². The second kappa shape index (κ2) is 5.65. The second-order valence-electron chi connectivity index (χ2n) is 3.64. The highest BCUT2D eigenvalue weighted by molar-refractivity contribution is 7.09. The molecule has 0 aliphatic heterocycles. The number of aromatic nitrogens is 1. The summed E-state index contributed by atoms with van der Waals surface area (Å²) in [6.45, 7) is 1.33. The smallest absolute Gasteiger partial charge is 0.161 e. The first-order valence-corrected chi connectivity index (χ1v) is 6.24. The number of rotatable bonds is 5. The molecule has 0 amide bonds. The van der Waals surface area contributed by atoms with Gasteiger partial charge in [-0.2, -0.15) is 0 Å². The molecule has 0 radical (unpaired) electrons. The zero-order chi connectivity index (χ0) is 12.1. The maximum atomic E-state index is 9.58. The molecule has 4 nitrogen and oxygen atoms in total. The van der Waals surface area contributed by atoms with Gasteiger partial charge in [-0.25, -0.2) is 4.98 Å². The van der Waals surface area contributed by atoms with Crippen LogP contribution in [0.25, 0.3) is 0 Å². The fourth-order valence-electron chi connectivity index (χ4n) is 1.52. The summed E-state index contributed by atoms with van der Waals surface area (Å²) in [4.78, 5) is 4.18. The minimum absolute atomic E-state index is 0.0470. The van der Waals surface area contributed by atoms with Crippen LogP contribution in [0.4, 0.5) is 0 Å². The fraction of sp³-hybridized carbons (Fsp3) is 0.250. The van der Waals surface area contributed by atoms with Gasteiger partial charge in [0.15, 0.2) is 11.5 Å². The molecule has 0 fully saturated rings. The number of hydrogen-bond donors (Lipinski definition) is 3. The number of para-hydroxylation sites is 1. The number of thiazole rings is 1. The lowest BCUT2D eigenvalue weighted by atomic mass is 10.2. The van der Waals surface area contributed by atoms with E-state index < -0.39 is 0 Å². The van der Waals surface area contributed by atoms with E-state index in [2.05, 4.69) is 10.3 Å². The van der Waals surface area contributed by atoms with Gasteiger partial charge < -0.3 is 15.5 Å². The molecule has 0 bridgehead atoms. The summed E-state index contributed by atoms with van der Waals surface area (Å²) in [6, 6.07) is 4.97. The van der Waals surface area contributed by atoms with Crippen LogP contribution in [0.5, 0.6) is 11.5 Å². The molecule has 0 spiro atoms. The Morgan fingerprint density at radius 1 is 1.29 bits per heavy atom. The highest BCUT2D eigenvalue weighted by atomic mass is 32.1. The number of phenolic OH excluding ortho intramolecular Hbond substituents is 2. The van der Waals surface area contributed by atoms with E-state index in [4.69, 9.17) is 0 Å². The minimum atomic E-state index is -0.0794. The van der Waals surface area contributed by atoms with Gasteiger partial charge in [0.1, 0.15) is 0 Å². The van der Waals surface area contributed by atoms with Crippen LogP contribution in [0.15, 0.2) is 29.8 Å². The molecule has 5 heteroatoms. The lowest BCUT2D eigenvalue weighted by Gasteiger charge is -2.07. The van der Waals surface area contributed by atoms with E-state index in [0.717, 1.165) is 18.0 Å². The van der Waals surface area contributed by atoms with Crippen molar-refractivity contribution in [3.63, 3.8) is 0 Å². The lowest BCUT2D eigenvalue weighted by molar-refractivity contribution is 0.398. The molecule has 1 heterocycles. The van der Waals surface area contributed by atoms with Gasteiger partial charge in [-0.15, -0.1) is 11.3 Å². The Morgan fingerprint density at radius 2 is 2.18 bits per heavy atom. The Labute approximate surface area is 104 Å². The van der Waals surface area contributed by atoms with Crippen molar-refractivity contribution in [2.24, 2.45) is 0 Å². The molecule has 1 aromatic carbocycles. The van der Waals surface area contributed by atoms with Gasteiger partial charge in [-0.3, -0.25) is 0 Å². The standard InChI is InChI=1S/C12H14N2O2S/c15-10-3-1-2-9(12(10)16)8-13-5-4-11-14-6-7-17-11/h1-3,6-7,13,15-16H,4-5,8H2. The van der Waals surface area contributed by atoms with Crippen LogP contribution in [-0.2, 0) is 13.0 Å². The van der Waals surface area contributed by atoms with Crippen LogP contribution in [0.3, 0.4) is 0 Å². The Bertz CT molecular complexity index is 471. The summed E-state index contributed by atoms with van der Waals surface area (Å²) in [6.07, 6.45) is 2.66. The molecule has 17 heavy (non-hydrogen) atoms. The third-order valence-electron chi connectivity index (χ3n) is 2.41. The van der Waals surface area contributed by atoms with Crippen molar-refractivity contribution in [2.75, 3.05) is 6.54 Å². The molecule has 2 rings (SSSR count). The minimum Gasteiger partial charge on any atom is -0.504 e. The predicted molar refractivity (Wildman–Crippen MR) is 67.3 cm³/mol. The average molecular weight is 250 g/mol. The molecule has 0 atom stereocenters. The van der Waals surface area contributed by atoms with E-state index in [1.54, 1.807) is 29.7 Å². The normalized spacial score (nSPS) is 10.6. The van der Waals surface area contributed by atoms with Crippen molar-refractivity contribution in [2.45, 2.75) is 13.0 Å². The first kappa shape index (κ1) is 11.9. The Kier molecular flexibility index (Phi) is 3.95. The van der Waals surface area contributed by atoms with Crippen molar-refractivity contribution in [1.82, 2.24) is 10.3 Å². The molecular formula is C12H14N2O2S. The van der Waals surface area contributed by atoms with Crippen molar-refractivity contribution < 1.29 is 10.2 Å². The van der Waals surface area contributed by atoms with Crippen LogP contribution >= 0.6 is 11.3 Å². The number of phenols is 2. The van der Waals surface area contributed by atoms with Gasteiger partial charge >= 0.3 is 0 Å². The quantitative estimate of drug-likeness (QED) is 0.560. The first-order chi connectivity index (χ1) is 8.27. The molecule has 90 valence electrons. The SMILES string of the molecule is Oc1cccc(CNCCc2nccs2)c1O. The summed E-state index contributed by atoms with van der Waals surface area (Å²) in [7, 11) is 0. The van der Waals surface area contributed by atoms with Gasteiger partial charge in [0.2, 0.25) is 0 Å². The summed E-state index contributed by atoms with van der Waals surface area (Å²) >= 11 is 1.63. The molecule has 1 aromatic heterocycles. The van der Waals surface area contributed by atoms with E-state index in [1.807, 2.05) is 5.38 Å². The fourth-order valence-corrected chi connectivity index (χ4v) is 2.14. The van der Waals surface area contributed by atoms with Crippen LogP contribution in [0.2, 0.25) is 0 Å². The van der Waals surface area contributed by atoms with Crippen molar-refractivity contribution in [3.8, 4) is 11.5 Å². The molecule has 0 aliphatic rings. The second-order valence-corrected chi connectivity index (χ2v) is 4.62. The molecule has 2 aromatic rings. The molecule has 0 aliphatic carbocycles. The van der Waals surface area contributed by atoms with E-state index >= 15 is 0 Å². The summed E-state index contributed by atoms with van der Waals surface area (Å²) in [5.74, 6) is -0.126. The lowest BCUT2D eigenvalue weighted by Crippen LogP contribution is -2.16. The molecule has 0 saturated heterocycles. The van der Waals surface area contributed by atoms with Crippen LogP contribution in [0, 0.1) is 0 Å². The van der Waals surface area contributed by atoms with Crippen LogP contribution in [-0.4, -0.2) is 21.7 Å². The average Bonchev–Trinajstić information content (AvgIpc) is 2.83. The number of aromatic hydroxyl groups is 2. The summed E-state index contributed by atoms with van der Waals surface area (Å²) < 4.78 is 0. The summed E-state index contributed by atoms with van der Waals surface area (Å²) in [5.41, 5.74) is 0.698. The maximum absolute atomic E-state index is 9.58. The number of hydrogen-bond acceptors (Lipinski definition) is 5. The third-order valence-corrected chi connectivity index (χ3v) is 3.25. The van der Waals surface area contributed by atoms with Crippen molar-refractivity contribution in [1.29, 1.82) is 0 Å². The zero-order valence-electron chi connectivity index (χ0n) is 9.26. The van der Waals surface area contributed by atoms with Crippen molar-refractivity contribution >= 4 is 11.3 Å². The highest BCUT2D eigenvalue weighted by Gasteiger charge is 2.04. The van der Waals surface area contributed by atoms with E-state index in [-0.39, 0.29) is 11.5 Å². The number of nitrogens with one attached hydrogen (secondary N) is 1. The molecule has 0 saturated carbocycles. The van der Waals surface area contributed by atoms with Crippen molar-refractivity contribution in [3.05, 3.63) is 40.3 Å². The van der Waals surface area contributed by atoms with Gasteiger partial charge in [0, 0.05) is 36.7 Å². The number of benzene rings is 1. The maximum Gasteiger partial charge on any atom is 0.161 e. The largest absolute Gasteiger partial charge is 0.504 e. The van der Waals surface area contributed by atoms with Crippen LogP contribution < -0.4 is 5.32 Å². The third kappa shape index (κ3) is 3.18. The highest BCUT2D eigenvalue weighted by Crippen LogP contribution is 2.27. The van der Waals surface area contributed by atoms with E-state index in [9.17, 15) is 10.2 Å². The van der Waals surface area contributed by atoms with E-state index in [1.165, 1.54) is 6.07 Å². The van der Waals surface area contributed by atoms with Gasteiger partial charge in [-0.05, 0) is 6.07 Å². The van der Waals surface area contributed by atoms with Gasteiger partial charge in [0.25, 0.3) is 0 Å². The van der Waals surface area contributed by atoms with E-state index in [0.29, 0.717) is 12.1 Å². The first-order valence-electron chi connectivity index (χ1n) is 5.36. The monoisotopic (exact) mass is 250 g/mol. The Balaban J connectivity index is 1.80. The molecule has 3 N–H and O–H groups in total. The van der Waals surface area contributed by atoms with Gasteiger partial charge in [0.05, 0.1) is 5.01 Å². The predicted octanol–water partition coefficient (Wildman–Crippen LogP) is 1.89. The molecular weight excluding hydrogens is 236 g/mol. The Morgan fingerprint density at radius 3 is 2.94 bits per heavy atom.